The summed E-state index contributed by atoms with van der Waals surface area (Å²) in [5.41, 5.74) is 5.74. The van der Waals surface area contributed by atoms with Gasteiger partial charge in [-0.25, -0.2) is 0 Å². The number of phenolic OH excluding ortho intramolecular Hbond substituents is 1. The molecule has 1 aromatic carbocycles. The summed E-state index contributed by atoms with van der Waals surface area (Å²) < 4.78 is 0. The van der Waals surface area contributed by atoms with E-state index in [1.54, 1.807) is 5.57 Å². The number of allylic oxidation sites excluding steroid dienone is 3. The maximum Gasteiger partial charge on any atom is 0.116 e. The number of hydrogen-bond acceptors (Lipinski definition) is 1. The summed E-state index contributed by atoms with van der Waals surface area (Å²) in [5, 5.41) is 9.64. The molecule has 1 aromatic rings. The van der Waals surface area contributed by atoms with Crippen LogP contribution in [-0.2, 0) is 0 Å². The van der Waals surface area contributed by atoms with E-state index in [2.05, 4.69) is 25.1 Å². The van der Waals surface area contributed by atoms with Gasteiger partial charge in [-0.2, -0.15) is 0 Å². The normalized spacial score (nSPS) is 32.4. The zero-order valence-corrected chi connectivity index (χ0v) is 10.7. The number of phenols is 1. The lowest BCUT2D eigenvalue weighted by atomic mass is 9.83. The van der Waals surface area contributed by atoms with Crippen molar-refractivity contribution >= 4 is 6.08 Å². The van der Waals surface area contributed by atoms with Gasteiger partial charge in [-0.1, -0.05) is 29.4 Å². The van der Waals surface area contributed by atoms with Gasteiger partial charge in [0, 0.05) is 5.92 Å². The van der Waals surface area contributed by atoms with Gasteiger partial charge in [0.05, 0.1) is 0 Å². The number of hydrogen-bond donors (Lipinski definition) is 1. The zero-order valence-electron chi connectivity index (χ0n) is 10.7. The maximum atomic E-state index is 9.64. The molecule has 92 valence electrons. The standard InChI is InChI=1S/C17H18O/c1-10-6-11-2-3-12(7-11)16-9-13-8-14(18)4-5-15(13)17(10)16/h4-6,8-9,11-12,17-18H,2-3,7H2,1H3. The van der Waals surface area contributed by atoms with Crippen LogP contribution in [0.25, 0.3) is 6.08 Å². The van der Waals surface area contributed by atoms with E-state index >= 15 is 0 Å². The molecule has 18 heavy (non-hydrogen) atoms. The molecule has 0 heterocycles. The Morgan fingerprint density at radius 3 is 3.00 bits per heavy atom. The van der Waals surface area contributed by atoms with Crippen molar-refractivity contribution in [1.29, 1.82) is 0 Å². The first kappa shape index (κ1) is 10.4. The van der Waals surface area contributed by atoms with Crippen LogP contribution in [-0.4, -0.2) is 5.11 Å². The Morgan fingerprint density at radius 1 is 1.22 bits per heavy atom. The van der Waals surface area contributed by atoms with Crippen LogP contribution in [0.1, 0.15) is 43.2 Å². The highest BCUT2D eigenvalue weighted by molar-refractivity contribution is 5.71. The van der Waals surface area contributed by atoms with E-state index in [1.165, 1.54) is 36.0 Å². The van der Waals surface area contributed by atoms with Crippen molar-refractivity contribution in [2.45, 2.75) is 32.1 Å². The van der Waals surface area contributed by atoms with Crippen molar-refractivity contribution in [1.82, 2.24) is 0 Å². The van der Waals surface area contributed by atoms with E-state index < -0.39 is 0 Å². The van der Waals surface area contributed by atoms with Crippen molar-refractivity contribution in [2.75, 3.05) is 0 Å². The summed E-state index contributed by atoms with van der Waals surface area (Å²) in [6.07, 6.45) is 8.88. The third-order valence-corrected chi connectivity index (χ3v) is 4.94. The van der Waals surface area contributed by atoms with E-state index in [0.29, 0.717) is 11.7 Å². The molecular formula is C17H18O. The Balaban J connectivity index is 1.90. The van der Waals surface area contributed by atoms with Gasteiger partial charge in [0.1, 0.15) is 5.75 Å². The number of aromatic hydroxyl groups is 1. The van der Waals surface area contributed by atoms with Crippen LogP contribution in [0.15, 0.2) is 35.4 Å². The molecule has 0 aromatic heterocycles. The fraction of sp³-hybridized carbons (Fsp3) is 0.412. The van der Waals surface area contributed by atoms with Crippen molar-refractivity contribution < 1.29 is 5.11 Å². The van der Waals surface area contributed by atoms with Crippen molar-refractivity contribution in [2.24, 2.45) is 11.8 Å². The molecule has 1 fully saturated rings. The molecule has 0 aliphatic heterocycles. The smallest absolute Gasteiger partial charge is 0.116 e. The van der Waals surface area contributed by atoms with Gasteiger partial charge in [0.2, 0.25) is 0 Å². The zero-order chi connectivity index (χ0) is 12.3. The topological polar surface area (TPSA) is 20.2 Å². The van der Waals surface area contributed by atoms with Gasteiger partial charge in [-0.05, 0) is 61.3 Å². The monoisotopic (exact) mass is 238 g/mol. The largest absolute Gasteiger partial charge is 0.508 e. The molecule has 0 amide bonds. The van der Waals surface area contributed by atoms with Gasteiger partial charge in [0.15, 0.2) is 0 Å². The maximum absolute atomic E-state index is 9.64. The molecule has 1 heteroatoms. The molecule has 1 nitrogen and oxygen atoms in total. The van der Waals surface area contributed by atoms with Crippen molar-refractivity contribution in [3.63, 3.8) is 0 Å². The molecular weight excluding hydrogens is 220 g/mol. The number of benzene rings is 1. The molecule has 4 rings (SSSR count). The van der Waals surface area contributed by atoms with E-state index in [9.17, 15) is 5.11 Å². The van der Waals surface area contributed by atoms with Gasteiger partial charge in [0.25, 0.3) is 0 Å². The quantitative estimate of drug-likeness (QED) is 0.670. The van der Waals surface area contributed by atoms with E-state index in [0.717, 1.165) is 11.8 Å². The second-order valence-corrected chi connectivity index (χ2v) is 6.07. The number of rotatable bonds is 0. The third kappa shape index (κ3) is 1.33. The predicted molar refractivity (Wildman–Crippen MR) is 73.4 cm³/mol. The Labute approximate surface area is 108 Å². The molecule has 1 saturated carbocycles. The van der Waals surface area contributed by atoms with E-state index in [4.69, 9.17) is 0 Å². The average molecular weight is 238 g/mol. The first-order chi connectivity index (χ1) is 8.72. The Bertz CT molecular complexity index is 579. The second kappa shape index (κ2) is 3.50. The predicted octanol–water partition coefficient (Wildman–Crippen LogP) is 4.25. The Kier molecular flexibility index (Phi) is 2.03. The summed E-state index contributed by atoms with van der Waals surface area (Å²) in [6.45, 7) is 2.28. The molecule has 2 bridgehead atoms. The van der Waals surface area contributed by atoms with Crippen LogP contribution < -0.4 is 0 Å². The third-order valence-electron chi connectivity index (χ3n) is 4.94. The fourth-order valence-corrected chi connectivity index (χ4v) is 4.19. The molecule has 0 saturated heterocycles. The molecule has 0 spiro atoms. The summed E-state index contributed by atoms with van der Waals surface area (Å²) in [5.74, 6) is 2.45. The lowest BCUT2D eigenvalue weighted by Gasteiger charge is -2.21. The van der Waals surface area contributed by atoms with Gasteiger partial charge < -0.3 is 5.11 Å². The van der Waals surface area contributed by atoms with Crippen molar-refractivity contribution in [3.8, 4) is 5.75 Å². The van der Waals surface area contributed by atoms with Gasteiger partial charge in [-0.15, -0.1) is 0 Å². The van der Waals surface area contributed by atoms with Crippen LogP contribution in [0.5, 0.6) is 5.75 Å². The highest BCUT2D eigenvalue weighted by Gasteiger charge is 2.38. The second-order valence-electron chi connectivity index (χ2n) is 6.07. The van der Waals surface area contributed by atoms with Crippen LogP contribution in [0.2, 0.25) is 0 Å². The molecule has 3 unspecified atom stereocenters. The van der Waals surface area contributed by atoms with Crippen LogP contribution in [0.4, 0.5) is 0 Å². The molecule has 3 atom stereocenters. The number of fused-ring (bicyclic) bond motifs is 6. The average Bonchev–Trinajstić information content (AvgIpc) is 2.88. The van der Waals surface area contributed by atoms with Crippen LogP contribution in [0, 0.1) is 11.8 Å². The lowest BCUT2D eigenvalue weighted by Crippen LogP contribution is -2.06. The minimum absolute atomic E-state index is 0.382. The minimum Gasteiger partial charge on any atom is -0.508 e. The summed E-state index contributed by atoms with van der Waals surface area (Å²) >= 11 is 0. The molecule has 0 radical (unpaired) electrons. The van der Waals surface area contributed by atoms with E-state index in [1.807, 2.05) is 12.1 Å². The summed E-state index contributed by atoms with van der Waals surface area (Å²) in [4.78, 5) is 0. The summed E-state index contributed by atoms with van der Waals surface area (Å²) in [7, 11) is 0. The molecule has 1 N–H and O–H groups in total. The van der Waals surface area contributed by atoms with E-state index in [-0.39, 0.29) is 0 Å². The Hall–Kier alpha value is -1.50. The van der Waals surface area contributed by atoms with Crippen LogP contribution in [0.3, 0.4) is 0 Å². The first-order valence-electron chi connectivity index (χ1n) is 6.95. The SMILES string of the molecule is CC1=CC2CCC(C2)C2=Cc3cc(O)ccc3C12. The summed E-state index contributed by atoms with van der Waals surface area (Å²) in [6, 6.07) is 5.85. The molecule has 3 aliphatic rings. The molecule has 3 aliphatic carbocycles. The highest BCUT2D eigenvalue weighted by Crippen LogP contribution is 2.53. The van der Waals surface area contributed by atoms with Crippen molar-refractivity contribution in [3.05, 3.63) is 46.5 Å². The Morgan fingerprint density at radius 2 is 2.11 bits per heavy atom. The lowest BCUT2D eigenvalue weighted by molar-refractivity contribution is 0.475. The highest BCUT2D eigenvalue weighted by atomic mass is 16.3. The minimum atomic E-state index is 0.382. The van der Waals surface area contributed by atoms with Gasteiger partial charge in [-0.3, -0.25) is 0 Å². The first-order valence-corrected chi connectivity index (χ1v) is 6.95. The van der Waals surface area contributed by atoms with Crippen LogP contribution >= 0.6 is 0 Å². The fourth-order valence-electron chi connectivity index (χ4n) is 4.19. The van der Waals surface area contributed by atoms with Gasteiger partial charge >= 0.3 is 0 Å².